The molecular weight excluding hydrogens is 251 g/mol. The van der Waals surface area contributed by atoms with Crippen molar-refractivity contribution < 1.29 is 17.9 Å². The van der Waals surface area contributed by atoms with Crippen molar-refractivity contribution in [3.05, 3.63) is 0 Å². The molecule has 0 bridgehead atoms. The molecule has 1 unspecified atom stereocenters. The van der Waals surface area contributed by atoms with E-state index in [1.165, 1.54) is 0 Å². The molecular formula is C3HCl4F3O. The first-order chi connectivity index (χ1) is 4.67. The van der Waals surface area contributed by atoms with Crippen LogP contribution >= 0.6 is 46.4 Å². The van der Waals surface area contributed by atoms with E-state index in [2.05, 4.69) is 27.9 Å². The van der Waals surface area contributed by atoms with Crippen molar-refractivity contribution in [2.45, 2.75) is 15.7 Å². The van der Waals surface area contributed by atoms with Crippen molar-refractivity contribution in [2.75, 3.05) is 0 Å². The van der Waals surface area contributed by atoms with Crippen LogP contribution in [-0.2, 0) is 4.74 Å². The van der Waals surface area contributed by atoms with Crippen molar-refractivity contribution in [3.63, 3.8) is 0 Å². The molecule has 0 saturated carbocycles. The van der Waals surface area contributed by atoms with E-state index in [0.29, 0.717) is 0 Å². The number of rotatable bonds is 3. The second kappa shape index (κ2) is 3.75. The first-order valence-corrected chi connectivity index (χ1v) is 3.70. The smallest absolute Gasteiger partial charge is 0.294 e. The van der Waals surface area contributed by atoms with E-state index in [9.17, 15) is 13.2 Å². The first-order valence-electron chi connectivity index (χ1n) is 2.07. The van der Waals surface area contributed by atoms with Crippen molar-refractivity contribution in [3.8, 4) is 0 Å². The third-order valence-electron chi connectivity index (χ3n) is 0.567. The maximum atomic E-state index is 12.3. The number of halogens is 7. The lowest BCUT2D eigenvalue weighted by atomic mass is 10.7. The Hall–Kier alpha value is 0.910. The fraction of sp³-hybridized carbons (Fsp3) is 1.00. The highest BCUT2D eigenvalue weighted by Crippen LogP contribution is 2.42. The van der Waals surface area contributed by atoms with Crippen LogP contribution in [0, 0.1) is 0 Å². The molecule has 0 aliphatic rings. The number of hydrogen-bond acceptors (Lipinski definition) is 1. The molecule has 68 valence electrons. The molecule has 0 N–H and O–H groups in total. The lowest BCUT2D eigenvalue weighted by Crippen LogP contribution is -2.38. The maximum Gasteiger partial charge on any atom is 0.394 e. The first kappa shape index (κ1) is 11.9. The predicted octanol–water partition coefficient (Wildman–Crippen LogP) is 3.46. The molecule has 0 heterocycles. The molecule has 0 spiro atoms. The van der Waals surface area contributed by atoms with Crippen molar-refractivity contribution in [2.24, 2.45) is 0 Å². The predicted molar refractivity (Wildman–Crippen MR) is 37.1 cm³/mol. The number of alkyl halides is 7. The highest BCUT2D eigenvalue weighted by Gasteiger charge is 2.55. The van der Waals surface area contributed by atoms with Crippen LogP contribution in [-0.4, -0.2) is 15.7 Å². The minimum atomic E-state index is -4.39. The maximum absolute atomic E-state index is 12.3. The van der Waals surface area contributed by atoms with Gasteiger partial charge in [0.25, 0.3) is 0 Å². The summed E-state index contributed by atoms with van der Waals surface area (Å²) in [7, 11) is 0. The molecule has 11 heavy (non-hydrogen) atoms. The topological polar surface area (TPSA) is 9.23 Å². The largest absolute Gasteiger partial charge is 0.394 e. The third-order valence-corrected chi connectivity index (χ3v) is 1.41. The summed E-state index contributed by atoms with van der Waals surface area (Å²) in [6, 6.07) is 0. The van der Waals surface area contributed by atoms with Gasteiger partial charge in [-0.3, -0.25) is 4.74 Å². The van der Waals surface area contributed by atoms with Crippen molar-refractivity contribution in [1.82, 2.24) is 0 Å². The third kappa shape index (κ3) is 3.90. The van der Waals surface area contributed by atoms with E-state index in [-0.39, 0.29) is 0 Å². The van der Waals surface area contributed by atoms with E-state index in [1.807, 2.05) is 0 Å². The summed E-state index contributed by atoms with van der Waals surface area (Å²) in [6.45, 7) is 0. The Balaban J connectivity index is 4.22. The zero-order chi connectivity index (χ0) is 9.28. The van der Waals surface area contributed by atoms with Gasteiger partial charge in [0, 0.05) is 0 Å². The lowest BCUT2D eigenvalue weighted by Gasteiger charge is -2.22. The van der Waals surface area contributed by atoms with Gasteiger partial charge in [-0.1, -0.05) is 23.2 Å². The second-order valence-electron chi connectivity index (χ2n) is 1.39. The highest BCUT2D eigenvalue weighted by atomic mass is 35.5. The fourth-order valence-electron chi connectivity index (χ4n) is 0.179. The Labute approximate surface area is 80.3 Å². The van der Waals surface area contributed by atoms with Gasteiger partial charge in [0.1, 0.15) is 0 Å². The van der Waals surface area contributed by atoms with E-state index >= 15 is 0 Å². The van der Waals surface area contributed by atoms with Crippen LogP contribution in [0.5, 0.6) is 0 Å². The van der Waals surface area contributed by atoms with E-state index in [0.717, 1.165) is 0 Å². The molecule has 0 rings (SSSR count). The Kier molecular flexibility index (Phi) is 4.06. The molecule has 1 atom stereocenters. The van der Waals surface area contributed by atoms with Crippen molar-refractivity contribution in [1.29, 1.82) is 0 Å². The van der Waals surface area contributed by atoms with Crippen LogP contribution in [0.1, 0.15) is 0 Å². The molecule has 0 saturated heterocycles. The molecule has 0 fully saturated rings. The summed E-state index contributed by atoms with van der Waals surface area (Å²) >= 11 is 18.2. The van der Waals surface area contributed by atoms with Gasteiger partial charge in [-0.2, -0.15) is 13.2 Å². The van der Waals surface area contributed by atoms with E-state index in [4.69, 9.17) is 23.2 Å². The Morgan fingerprint density at radius 3 is 1.55 bits per heavy atom. The lowest BCUT2D eigenvalue weighted by molar-refractivity contribution is -0.181. The summed E-state index contributed by atoms with van der Waals surface area (Å²) in [6.07, 6.45) is 0. The SMILES string of the molecule is FC(F)(Cl)C(F)(Cl)OC(Cl)Cl. The average Bonchev–Trinajstić information content (AvgIpc) is 1.56. The monoisotopic (exact) mass is 250 g/mol. The van der Waals surface area contributed by atoms with Gasteiger partial charge in [0.05, 0.1) is 0 Å². The van der Waals surface area contributed by atoms with Gasteiger partial charge < -0.3 is 0 Å². The molecule has 0 radical (unpaired) electrons. The van der Waals surface area contributed by atoms with Gasteiger partial charge in [-0.25, -0.2) is 0 Å². The molecule has 0 amide bonds. The number of ether oxygens (including phenoxy) is 1. The summed E-state index contributed by atoms with van der Waals surface area (Å²) in [5, 5.41) is -10.1. The molecule has 1 nitrogen and oxygen atoms in total. The summed E-state index contributed by atoms with van der Waals surface area (Å²) in [5.41, 5.74) is 0. The van der Waals surface area contributed by atoms with Gasteiger partial charge in [0.2, 0.25) is 5.02 Å². The minimum absolute atomic E-state index is 1.82. The quantitative estimate of drug-likeness (QED) is 0.698. The zero-order valence-electron chi connectivity index (χ0n) is 4.63. The van der Waals surface area contributed by atoms with Crippen LogP contribution < -0.4 is 0 Å². The second-order valence-corrected chi connectivity index (χ2v) is 3.37. The highest BCUT2D eigenvalue weighted by molar-refractivity contribution is 6.43. The van der Waals surface area contributed by atoms with Crippen LogP contribution in [0.25, 0.3) is 0 Å². The Morgan fingerprint density at radius 2 is 1.45 bits per heavy atom. The molecule has 0 aliphatic heterocycles. The van der Waals surface area contributed by atoms with E-state index in [1.54, 1.807) is 0 Å². The van der Waals surface area contributed by atoms with Crippen LogP contribution in [0.2, 0.25) is 0 Å². The van der Waals surface area contributed by atoms with Crippen LogP contribution in [0.4, 0.5) is 13.2 Å². The Morgan fingerprint density at radius 1 is 1.09 bits per heavy atom. The fourth-order valence-corrected chi connectivity index (χ4v) is 0.649. The van der Waals surface area contributed by atoms with Gasteiger partial charge in [0.15, 0.2) is 0 Å². The molecule has 8 heteroatoms. The van der Waals surface area contributed by atoms with Gasteiger partial charge >= 0.3 is 10.7 Å². The Bertz CT molecular complexity index is 133. The summed E-state index contributed by atoms with van der Waals surface area (Å²) in [4.78, 5) is 0. The van der Waals surface area contributed by atoms with Gasteiger partial charge in [-0.15, -0.1) is 0 Å². The average molecular weight is 252 g/mol. The molecule has 0 aromatic rings. The van der Waals surface area contributed by atoms with Crippen molar-refractivity contribution >= 4 is 46.4 Å². The molecule has 0 aromatic heterocycles. The van der Waals surface area contributed by atoms with Crippen LogP contribution in [0.3, 0.4) is 0 Å². The normalized spacial score (nSPS) is 18.5. The van der Waals surface area contributed by atoms with E-state index < -0.39 is 15.7 Å². The summed E-state index contributed by atoms with van der Waals surface area (Å²) in [5.74, 6) is 0. The standard InChI is InChI=1S/C3HCl4F3O/c4-1(5)11-3(7,10)2(6,8)9/h1H. The van der Waals surface area contributed by atoms with Crippen LogP contribution in [0.15, 0.2) is 0 Å². The molecule has 0 aromatic carbocycles. The zero-order valence-corrected chi connectivity index (χ0v) is 7.66. The summed E-state index contributed by atoms with van der Waals surface area (Å²) < 4.78 is 39.6. The number of hydrogen-bond donors (Lipinski definition) is 0. The molecule has 0 aliphatic carbocycles. The minimum Gasteiger partial charge on any atom is -0.294 e. The van der Waals surface area contributed by atoms with Gasteiger partial charge in [-0.05, 0) is 23.2 Å².